The van der Waals surface area contributed by atoms with E-state index in [4.69, 9.17) is 25.8 Å². The van der Waals surface area contributed by atoms with Crippen LogP contribution in [0.25, 0.3) is 0 Å². The second-order valence-electron chi connectivity index (χ2n) is 6.64. The van der Waals surface area contributed by atoms with Crippen molar-refractivity contribution in [3.63, 3.8) is 0 Å². The van der Waals surface area contributed by atoms with Crippen molar-refractivity contribution in [1.82, 2.24) is 0 Å². The predicted molar refractivity (Wildman–Crippen MR) is 115 cm³/mol. The minimum atomic E-state index is -0.0583. The van der Waals surface area contributed by atoms with Crippen LogP contribution in [0.5, 0.6) is 11.5 Å². The van der Waals surface area contributed by atoms with Gasteiger partial charge < -0.3 is 24.4 Å². The van der Waals surface area contributed by atoms with E-state index in [2.05, 4.69) is 10.2 Å². The van der Waals surface area contributed by atoms with E-state index < -0.39 is 0 Å². The number of ether oxygens (including phenoxy) is 3. The fraction of sp³-hybridized carbons (Fsp3) is 0.409. The molecule has 1 aliphatic rings. The van der Waals surface area contributed by atoms with Crippen LogP contribution >= 0.6 is 11.6 Å². The number of morpholine rings is 1. The monoisotopic (exact) mass is 418 g/mol. The first-order chi connectivity index (χ1) is 14.2. The van der Waals surface area contributed by atoms with Crippen LogP contribution in [0, 0.1) is 0 Å². The second kappa shape index (κ2) is 10.9. The van der Waals surface area contributed by atoms with Gasteiger partial charge in [-0.2, -0.15) is 0 Å². The maximum absolute atomic E-state index is 12.4. The maximum Gasteiger partial charge on any atom is 0.224 e. The number of anilines is 2. The summed E-state index contributed by atoms with van der Waals surface area (Å²) in [6.07, 6.45) is 0.985. The Morgan fingerprint density at radius 1 is 1.10 bits per heavy atom. The van der Waals surface area contributed by atoms with E-state index >= 15 is 0 Å². The lowest BCUT2D eigenvalue weighted by Crippen LogP contribution is -2.37. The lowest BCUT2D eigenvalue weighted by Gasteiger charge is -2.31. The molecule has 1 fully saturated rings. The number of rotatable bonds is 9. The van der Waals surface area contributed by atoms with Gasteiger partial charge in [0, 0.05) is 19.5 Å². The van der Waals surface area contributed by atoms with E-state index in [-0.39, 0.29) is 5.91 Å². The molecule has 3 rings (SSSR count). The summed E-state index contributed by atoms with van der Waals surface area (Å²) in [6.45, 7) is 5.86. The van der Waals surface area contributed by atoms with Gasteiger partial charge in [-0.1, -0.05) is 17.7 Å². The standard InChI is InChI=1S/C22H27ClN2O4/c1-2-28-17-8-10-18(11-9-17)29-14-4-7-21(26)24-20-6-3-5-19(23)22(20)25-12-15-27-16-13-25/h3,5-6,8-11H,2,4,7,12-16H2,1H3,(H,24,26). The maximum atomic E-state index is 12.4. The van der Waals surface area contributed by atoms with Crippen LogP contribution in [-0.4, -0.2) is 45.4 Å². The van der Waals surface area contributed by atoms with Crippen molar-refractivity contribution in [3.05, 3.63) is 47.5 Å². The van der Waals surface area contributed by atoms with Crippen LogP contribution in [0.1, 0.15) is 19.8 Å². The van der Waals surface area contributed by atoms with Gasteiger partial charge in [0.15, 0.2) is 0 Å². The number of benzene rings is 2. The zero-order valence-electron chi connectivity index (χ0n) is 16.7. The number of amides is 1. The molecule has 0 aromatic heterocycles. The average Bonchev–Trinajstić information content (AvgIpc) is 2.73. The van der Waals surface area contributed by atoms with Gasteiger partial charge in [0.1, 0.15) is 11.5 Å². The highest BCUT2D eigenvalue weighted by atomic mass is 35.5. The second-order valence-corrected chi connectivity index (χ2v) is 7.05. The number of nitrogens with zero attached hydrogens (tertiary/aromatic N) is 1. The summed E-state index contributed by atoms with van der Waals surface area (Å²) in [4.78, 5) is 14.6. The molecule has 0 bridgehead atoms. The minimum absolute atomic E-state index is 0.0583. The van der Waals surface area contributed by atoms with Crippen molar-refractivity contribution >= 4 is 28.9 Å². The summed E-state index contributed by atoms with van der Waals surface area (Å²) in [6, 6.07) is 13.0. The fourth-order valence-corrected chi connectivity index (χ4v) is 3.45. The molecule has 156 valence electrons. The van der Waals surface area contributed by atoms with Crippen molar-refractivity contribution in [3.8, 4) is 11.5 Å². The summed E-state index contributed by atoms with van der Waals surface area (Å²) in [5.41, 5.74) is 1.59. The van der Waals surface area contributed by atoms with E-state index in [1.807, 2.05) is 49.4 Å². The van der Waals surface area contributed by atoms with Gasteiger partial charge in [-0.05, 0) is 49.7 Å². The number of carbonyl (C=O) groups excluding carboxylic acids is 1. The van der Waals surface area contributed by atoms with E-state index in [1.165, 1.54) is 0 Å². The van der Waals surface area contributed by atoms with E-state index in [0.29, 0.717) is 44.3 Å². The predicted octanol–water partition coefficient (Wildman–Crippen LogP) is 4.37. The van der Waals surface area contributed by atoms with Crippen molar-refractivity contribution in [1.29, 1.82) is 0 Å². The van der Waals surface area contributed by atoms with E-state index in [0.717, 1.165) is 36.0 Å². The third-order valence-electron chi connectivity index (χ3n) is 4.54. The van der Waals surface area contributed by atoms with Gasteiger partial charge in [0.05, 0.1) is 42.8 Å². The summed E-state index contributed by atoms with van der Waals surface area (Å²) in [5, 5.41) is 3.62. The molecule has 6 nitrogen and oxygen atoms in total. The largest absolute Gasteiger partial charge is 0.494 e. The first kappa shape index (κ1) is 21.3. The third-order valence-corrected chi connectivity index (χ3v) is 4.84. The van der Waals surface area contributed by atoms with Gasteiger partial charge in [-0.15, -0.1) is 0 Å². The lowest BCUT2D eigenvalue weighted by molar-refractivity contribution is -0.116. The minimum Gasteiger partial charge on any atom is -0.494 e. The Bertz CT molecular complexity index is 792. The molecule has 1 aliphatic heterocycles. The summed E-state index contributed by atoms with van der Waals surface area (Å²) in [7, 11) is 0. The first-order valence-corrected chi connectivity index (χ1v) is 10.3. The molecule has 0 spiro atoms. The number of hydrogen-bond acceptors (Lipinski definition) is 5. The molecule has 7 heteroatoms. The van der Waals surface area contributed by atoms with Crippen molar-refractivity contribution in [2.24, 2.45) is 0 Å². The van der Waals surface area contributed by atoms with Crippen LogP contribution in [0.15, 0.2) is 42.5 Å². The molecule has 0 saturated carbocycles. The summed E-state index contributed by atoms with van der Waals surface area (Å²) < 4.78 is 16.5. The normalized spacial score (nSPS) is 13.8. The average molecular weight is 419 g/mol. The third kappa shape index (κ3) is 6.27. The van der Waals surface area contributed by atoms with Crippen LogP contribution in [0.2, 0.25) is 5.02 Å². The number of para-hydroxylation sites is 1. The Morgan fingerprint density at radius 3 is 2.48 bits per heavy atom. The number of carbonyl (C=O) groups is 1. The number of hydrogen-bond donors (Lipinski definition) is 1. The Hall–Kier alpha value is -2.44. The molecular formula is C22H27ClN2O4. The quantitative estimate of drug-likeness (QED) is 0.612. The molecular weight excluding hydrogens is 392 g/mol. The Kier molecular flexibility index (Phi) is 8.02. The molecule has 1 heterocycles. The first-order valence-electron chi connectivity index (χ1n) is 9.94. The Labute approximate surface area is 176 Å². The lowest BCUT2D eigenvalue weighted by atomic mass is 10.2. The molecule has 1 saturated heterocycles. The molecule has 2 aromatic rings. The summed E-state index contributed by atoms with van der Waals surface area (Å²) >= 11 is 6.41. The SMILES string of the molecule is CCOc1ccc(OCCCC(=O)Nc2cccc(Cl)c2N2CCOCC2)cc1. The van der Waals surface area contributed by atoms with Crippen molar-refractivity contribution in [2.45, 2.75) is 19.8 Å². The van der Waals surface area contributed by atoms with Gasteiger partial charge in [0.25, 0.3) is 0 Å². The van der Waals surface area contributed by atoms with Crippen LogP contribution in [0.3, 0.4) is 0 Å². The zero-order valence-corrected chi connectivity index (χ0v) is 17.4. The molecule has 0 aliphatic carbocycles. The van der Waals surface area contributed by atoms with Gasteiger partial charge in [0.2, 0.25) is 5.91 Å². The van der Waals surface area contributed by atoms with Crippen molar-refractivity contribution < 1.29 is 19.0 Å². The van der Waals surface area contributed by atoms with Crippen LogP contribution in [0.4, 0.5) is 11.4 Å². The highest BCUT2D eigenvalue weighted by molar-refractivity contribution is 6.34. The Morgan fingerprint density at radius 2 is 1.79 bits per heavy atom. The summed E-state index contributed by atoms with van der Waals surface area (Å²) in [5.74, 6) is 1.52. The number of halogens is 1. The van der Waals surface area contributed by atoms with Gasteiger partial charge in [-0.25, -0.2) is 0 Å². The van der Waals surface area contributed by atoms with Gasteiger partial charge in [-0.3, -0.25) is 4.79 Å². The van der Waals surface area contributed by atoms with Gasteiger partial charge >= 0.3 is 0 Å². The molecule has 29 heavy (non-hydrogen) atoms. The molecule has 0 atom stereocenters. The topological polar surface area (TPSA) is 60.0 Å². The molecule has 1 N–H and O–H groups in total. The zero-order chi connectivity index (χ0) is 20.5. The van der Waals surface area contributed by atoms with Crippen LogP contribution < -0.4 is 19.7 Å². The number of nitrogens with one attached hydrogen (secondary N) is 1. The Balaban J connectivity index is 1.47. The van der Waals surface area contributed by atoms with E-state index in [1.54, 1.807) is 0 Å². The fourth-order valence-electron chi connectivity index (χ4n) is 3.16. The highest BCUT2D eigenvalue weighted by Gasteiger charge is 2.18. The smallest absolute Gasteiger partial charge is 0.224 e. The van der Waals surface area contributed by atoms with E-state index in [9.17, 15) is 4.79 Å². The molecule has 0 radical (unpaired) electrons. The molecule has 1 amide bonds. The molecule has 2 aromatic carbocycles. The van der Waals surface area contributed by atoms with Crippen molar-refractivity contribution in [2.75, 3.05) is 49.7 Å². The highest BCUT2D eigenvalue weighted by Crippen LogP contribution is 2.34. The van der Waals surface area contributed by atoms with Crippen LogP contribution in [-0.2, 0) is 9.53 Å². The molecule has 0 unspecified atom stereocenters.